The second-order valence-corrected chi connectivity index (χ2v) is 14.3. The van der Waals surface area contributed by atoms with Crippen LogP contribution in [0.2, 0.25) is 0 Å². The first-order valence-corrected chi connectivity index (χ1v) is 16.8. The number of hydrogen-bond acceptors (Lipinski definition) is 10. The lowest BCUT2D eigenvalue weighted by Crippen LogP contribution is -2.38. The van der Waals surface area contributed by atoms with Crippen LogP contribution in [0.4, 0.5) is 13.2 Å². The number of nitrogens with two attached hydrogens (primary N) is 1. The molecule has 17 heteroatoms. The van der Waals surface area contributed by atoms with Crippen molar-refractivity contribution in [3.05, 3.63) is 100 Å². The van der Waals surface area contributed by atoms with Gasteiger partial charge in [0.05, 0.1) is 28.9 Å². The predicted octanol–water partition coefficient (Wildman–Crippen LogP) is 4.14. The fourth-order valence-electron chi connectivity index (χ4n) is 4.61. The molecule has 0 aliphatic carbocycles. The van der Waals surface area contributed by atoms with Crippen LogP contribution in [0.5, 0.6) is 0 Å². The molecule has 0 aliphatic heterocycles. The topological polar surface area (TPSA) is 167 Å². The van der Waals surface area contributed by atoms with Gasteiger partial charge in [0.2, 0.25) is 16.5 Å². The highest BCUT2D eigenvalue weighted by Gasteiger charge is 2.54. The minimum atomic E-state index is -4.68. The summed E-state index contributed by atoms with van der Waals surface area (Å²) in [6, 6.07) is 16.5. The molecular formula is C27H24F3N5O6S3. The summed E-state index contributed by atoms with van der Waals surface area (Å²) in [6.07, 6.45) is -3.81. The van der Waals surface area contributed by atoms with E-state index in [4.69, 9.17) is 14.3 Å². The molecule has 11 nitrogen and oxygen atoms in total. The third kappa shape index (κ3) is 6.24. The Balaban J connectivity index is 1.70. The summed E-state index contributed by atoms with van der Waals surface area (Å²) >= 11 is 0.986. The van der Waals surface area contributed by atoms with Crippen LogP contribution < -0.4 is 9.86 Å². The summed E-state index contributed by atoms with van der Waals surface area (Å²) in [5.74, 6) is -0.881. The van der Waals surface area contributed by atoms with Crippen molar-refractivity contribution in [1.82, 2.24) is 19.9 Å². The van der Waals surface area contributed by atoms with Gasteiger partial charge >= 0.3 is 6.18 Å². The van der Waals surface area contributed by atoms with E-state index in [1.807, 2.05) is 35.1 Å². The Morgan fingerprint density at radius 2 is 1.57 bits per heavy atom. The van der Waals surface area contributed by atoms with Gasteiger partial charge < -0.3 is 9.15 Å². The van der Waals surface area contributed by atoms with Gasteiger partial charge in [-0.3, -0.25) is 0 Å². The number of fused-ring (bicyclic) bond motifs is 1. The predicted molar refractivity (Wildman–Crippen MR) is 156 cm³/mol. The number of hydrogen-bond donors (Lipinski definition) is 2. The molecule has 2 heterocycles. The molecule has 44 heavy (non-hydrogen) atoms. The van der Waals surface area contributed by atoms with Crippen molar-refractivity contribution in [3.8, 4) is 11.1 Å². The van der Waals surface area contributed by atoms with Gasteiger partial charge in [-0.05, 0) is 46.5 Å². The highest BCUT2D eigenvalue weighted by Crippen LogP contribution is 2.47. The summed E-state index contributed by atoms with van der Waals surface area (Å²) in [6.45, 7) is -0.115. The number of rotatable bonds is 10. The van der Waals surface area contributed by atoms with Gasteiger partial charge in [-0.2, -0.15) is 26.3 Å². The average molecular weight is 668 g/mol. The van der Waals surface area contributed by atoms with Crippen molar-refractivity contribution in [2.45, 2.75) is 24.1 Å². The van der Waals surface area contributed by atoms with Gasteiger partial charge in [0.15, 0.2) is 9.84 Å². The second-order valence-electron chi connectivity index (χ2n) is 9.73. The van der Waals surface area contributed by atoms with Crippen molar-refractivity contribution in [2.24, 2.45) is 5.14 Å². The maximum absolute atomic E-state index is 13.8. The van der Waals surface area contributed by atoms with Crippen molar-refractivity contribution >= 4 is 41.6 Å². The number of aromatic nitrogens is 3. The molecule has 0 saturated heterocycles. The number of ether oxygens (including phenoxy) is 1. The Bertz CT molecular complexity index is 2030. The van der Waals surface area contributed by atoms with Crippen molar-refractivity contribution < 1.29 is 39.2 Å². The number of alkyl halides is 3. The molecule has 0 spiro atoms. The van der Waals surface area contributed by atoms with Gasteiger partial charge in [-0.1, -0.05) is 42.5 Å². The van der Waals surface area contributed by atoms with Crippen LogP contribution in [0.1, 0.15) is 33.5 Å². The lowest BCUT2D eigenvalue weighted by Gasteiger charge is -2.27. The highest BCUT2D eigenvalue weighted by atomic mass is 32.2. The molecule has 0 radical (unpaired) electrons. The second kappa shape index (κ2) is 11.6. The molecule has 232 valence electrons. The molecule has 0 bridgehead atoms. The lowest BCUT2D eigenvalue weighted by molar-refractivity contribution is -0.137. The van der Waals surface area contributed by atoms with Crippen LogP contribution in [-0.4, -0.2) is 45.4 Å². The number of thiazole rings is 1. The molecule has 0 saturated carbocycles. The number of benzene rings is 3. The summed E-state index contributed by atoms with van der Waals surface area (Å²) < 4.78 is 102. The van der Waals surface area contributed by atoms with Crippen molar-refractivity contribution in [2.75, 3.05) is 13.4 Å². The fourth-order valence-corrected chi connectivity index (χ4v) is 7.94. The van der Waals surface area contributed by atoms with E-state index in [1.54, 1.807) is 19.2 Å². The van der Waals surface area contributed by atoms with Crippen LogP contribution in [0, 0.1) is 0 Å². The van der Waals surface area contributed by atoms with E-state index in [0.29, 0.717) is 16.8 Å². The fraction of sp³-hybridized carbons (Fsp3) is 0.222. The van der Waals surface area contributed by atoms with Crippen LogP contribution in [-0.2, 0) is 48.9 Å². The van der Waals surface area contributed by atoms with Crippen molar-refractivity contribution in [1.29, 1.82) is 0 Å². The SMILES string of the molecule is COCc1ccc(-c2ccc3nc(C(c4ccc(C(F)(F)F)cc4)(c4nnc(CNS(N)(=O)=O)o4)S(C)(=O)=O)sc3c2)cc1. The van der Waals surface area contributed by atoms with E-state index in [2.05, 4.69) is 15.2 Å². The first-order chi connectivity index (χ1) is 20.6. The van der Waals surface area contributed by atoms with Gasteiger partial charge in [-0.25, -0.2) is 18.5 Å². The summed E-state index contributed by atoms with van der Waals surface area (Å²) in [5, 5.41) is 12.6. The van der Waals surface area contributed by atoms with Gasteiger partial charge in [-0.15, -0.1) is 21.5 Å². The van der Waals surface area contributed by atoms with E-state index in [0.717, 1.165) is 58.5 Å². The van der Waals surface area contributed by atoms with Gasteiger partial charge in [0, 0.05) is 13.4 Å². The molecule has 0 amide bonds. The molecule has 0 fully saturated rings. The number of halogens is 3. The van der Waals surface area contributed by atoms with E-state index < -0.39 is 49.0 Å². The molecule has 5 rings (SSSR count). The minimum Gasteiger partial charge on any atom is -0.421 e. The van der Waals surface area contributed by atoms with Gasteiger partial charge in [0.25, 0.3) is 10.2 Å². The maximum Gasteiger partial charge on any atom is 0.416 e. The molecule has 2 aromatic heterocycles. The normalized spacial score (nSPS) is 14.1. The first-order valence-electron chi connectivity index (χ1n) is 12.6. The van der Waals surface area contributed by atoms with E-state index in [9.17, 15) is 30.0 Å². The van der Waals surface area contributed by atoms with Crippen LogP contribution in [0.25, 0.3) is 21.3 Å². The largest absolute Gasteiger partial charge is 0.421 e. The first kappa shape index (κ1) is 31.7. The monoisotopic (exact) mass is 667 g/mol. The molecule has 1 atom stereocenters. The zero-order chi connectivity index (χ0) is 31.9. The standard InChI is InChI=1S/C27H24F3N5O6S3/c1-40-15-16-3-5-17(6-4-16)18-7-12-21-22(13-18)42-25(33-21)26(43(2,36)37,19-8-10-20(11-9-19)27(28,29)30)24-35-34-23(41-24)14-32-44(31,38)39/h3-13,32H,14-15H2,1-2H3,(H2,31,38,39). The molecular weight excluding hydrogens is 644 g/mol. The smallest absolute Gasteiger partial charge is 0.416 e. The Labute approximate surface area is 254 Å². The number of methoxy groups -OCH3 is 1. The summed E-state index contributed by atoms with van der Waals surface area (Å²) in [4.78, 5) is 4.58. The molecule has 5 aromatic rings. The number of nitrogens with one attached hydrogen (secondary N) is 1. The molecule has 3 aromatic carbocycles. The molecule has 3 N–H and O–H groups in total. The Kier molecular flexibility index (Phi) is 8.38. The van der Waals surface area contributed by atoms with E-state index in [1.165, 1.54) is 0 Å². The van der Waals surface area contributed by atoms with Crippen molar-refractivity contribution in [3.63, 3.8) is 0 Å². The van der Waals surface area contributed by atoms with Gasteiger partial charge in [0.1, 0.15) is 5.01 Å². The lowest BCUT2D eigenvalue weighted by atomic mass is 9.97. The van der Waals surface area contributed by atoms with Crippen LogP contribution in [0.15, 0.2) is 71.1 Å². The third-order valence-electron chi connectivity index (χ3n) is 6.66. The maximum atomic E-state index is 13.8. The zero-order valence-electron chi connectivity index (χ0n) is 23.0. The number of nitrogens with zero attached hydrogens (tertiary/aromatic N) is 3. The molecule has 1 unspecified atom stereocenters. The highest BCUT2D eigenvalue weighted by molar-refractivity contribution is 7.92. The Morgan fingerprint density at radius 1 is 0.932 bits per heavy atom. The molecule has 0 aliphatic rings. The third-order valence-corrected chi connectivity index (χ3v) is 10.2. The summed E-state index contributed by atoms with van der Waals surface area (Å²) in [7, 11) is -6.96. The summed E-state index contributed by atoms with van der Waals surface area (Å²) in [5.41, 5.74) is 1.94. The quantitative estimate of drug-likeness (QED) is 0.222. The minimum absolute atomic E-state index is 0.0723. The number of sulfone groups is 1. The van der Waals surface area contributed by atoms with E-state index in [-0.39, 0.29) is 16.5 Å². The zero-order valence-corrected chi connectivity index (χ0v) is 25.4. The van der Waals surface area contributed by atoms with Crippen LogP contribution in [0.3, 0.4) is 0 Å². The van der Waals surface area contributed by atoms with E-state index >= 15 is 0 Å². The Hall–Kier alpha value is -3.74. The average Bonchev–Trinajstić information content (AvgIpc) is 3.59. The Morgan fingerprint density at radius 3 is 2.16 bits per heavy atom. The van der Waals surface area contributed by atoms with Crippen LogP contribution >= 0.6 is 11.3 Å².